The van der Waals surface area contributed by atoms with Crippen molar-refractivity contribution < 1.29 is 9.18 Å². The van der Waals surface area contributed by atoms with Crippen LogP contribution in [0.25, 0.3) is 0 Å². The van der Waals surface area contributed by atoms with Gasteiger partial charge in [0.25, 0.3) is 0 Å². The Morgan fingerprint density at radius 3 is 2.60 bits per heavy atom. The van der Waals surface area contributed by atoms with E-state index in [1.165, 1.54) is 12.1 Å². The number of hydrogen-bond acceptors (Lipinski definition) is 1. The van der Waals surface area contributed by atoms with Crippen LogP contribution in [0, 0.1) is 12.7 Å². The summed E-state index contributed by atoms with van der Waals surface area (Å²) in [5.41, 5.74) is 1.83. The molecule has 0 radical (unpaired) electrons. The topological polar surface area (TPSA) is 17.1 Å². The second kappa shape index (κ2) is 4.87. The van der Waals surface area contributed by atoms with Crippen LogP contribution in [0.3, 0.4) is 0 Å². The first kappa shape index (κ1) is 11.6. The molecule has 0 atom stereocenters. The Balaban J connectivity index is 3.07. The molecule has 0 aliphatic rings. The minimum Gasteiger partial charge on any atom is -0.289 e. The van der Waals surface area contributed by atoms with Crippen LogP contribution in [0.5, 0.6) is 0 Å². The number of rotatable bonds is 3. The van der Waals surface area contributed by atoms with Crippen molar-refractivity contribution in [2.75, 3.05) is 0 Å². The van der Waals surface area contributed by atoms with Gasteiger partial charge >= 0.3 is 0 Å². The van der Waals surface area contributed by atoms with Crippen molar-refractivity contribution in [1.82, 2.24) is 0 Å². The van der Waals surface area contributed by atoms with Crippen LogP contribution in [-0.4, -0.2) is 5.78 Å². The fourth-order valence-corrected chi connectivity index (χ4v) is 1.47. The second-order valence-corrected chi connectivity index (χ2v) is 3.46. The van der Waals surface area contributed by atoms with Crippen molar-refractivity contribution >= 4 is 5.78 Å². The van der Waals surface area contributed by atoms with Crippen LogP contribution in [0.2, 0.25) is 0 Å². The first-order valence-corrected chi connectivity index (χ1v) is 5.06. The molecule has 0 aliphatic carbocycles. The van der Waals surface area contributed by atoms with Gasteiger partial charge in [0.2, 0.25) is 0 Å². The van der Waals surface area contributed by atoms with Crippen LogP contribution in [0.4, 0.5) is 4.39 Å². The summed E-state index contributed by atoms with van der Waals surface area (Å²) in [6, 6.07) is 4.46. The molecule has 1 aromatic rings. The Kier molecular flexibility index (Phi) is 3.78. The fraction of sp³-hybridized carbons (Fsp3) is 0.308. The summed E-state index contributed by atoms with van der Waals surface area (Å²) in [6.07, 6.45) is 2.51. The number of carbonyl (C=O) groups is 1. The molecular formula is C13H15FO. The minimum absolute atomic E-state index is 0.0110. The highest BCUT2D eigenvalue weighted by Crippen LogP contribution is 2.15. The summed E-state index contributed by atoms with van der Waals surface area (Å²) < 4.78 is 13.0. The minimum atomic E-state index is -0.273. The predicted molar refractivity (Wildman–Crippen MR) is 59.5 cm³/mol. The highest BCUT2D eigenvalue weighted by molar-refractivity contribution is 6.08. The number of aryl methyl sites for hydroxylation is 1. The SMILES string of the molecule is C/C=C(/CC)C(=O)c1ccc(F)c(C)c1. The number of benzene rings is 1. The van der Waals surface area contributed by atoms with Gasteiger partial charge in [-0.15, -0.1) is 0 Å². The highest BCUT2D eigenvalue weighted by Gasteiger charge is 2.10. The van der Waals surface area contributed by atoms with Gasteiger partial charge in [0.15, 0.2) is 5.78 Å². The van der Waals surface area contributed by atoms with Gasteiger partial charge in [-0.25, -0.2) is 4.39 Å². The standard InChI is InChI=1S/C13H15FO/c1-4-10(5-2)13(15)11-6-7-12(14)9(3)8-11/h4,6-8H,5H2,1-3H3/b10-4-. The maximum absolute atomic E-state index is 13.0. The van der Waals surface area contributed by atoms with E-state index < -0.39 is 0 Å². The maximum atomic E-state index is 13.0. The molecule has 0 unspecified atom stereocenters. The molecule has 0 aliphatic heterocycles. The summed E-state index contributed by atoms with van der Waals surface area (Å²) in [4.78, 5) is 11.9. The van der Waals surface area contributed by atoms with Crippen LogP contribution in [-0.2, 0) is 0 Å². The zero-order chi connectivity index (χ0) is 11.4. The lowest BCUT2D eigenvalue weighted by molar-refractivity contribution is 0.103. The molecular weight excluding hydrogens is 191 g/mol. The Hall–Kier alpha value is -1.44. The molecule has 1 rings (SSSR count). The number of halogens is 1. The summed E-state index contributed by atoms with van der Waals surface area (Å²) in [5.74, 6) is -0.284. The van der Waals surface area contributed by atoms with Crippen molar-refractivity contribution in [1.29, 1.82) is 0 Å². The van der Waals surface area contributed by atoms with Gasteiger partial charge in [-0.05, 0) is 49.6 Å². The van der Waals surface area contributed by atoms with Crippen LogP contribution >= 0.6 is 0 Å². The summed E-state index contributed by atoms with van der Waals surface area (Å²) in [6.45, 7) is 5.43. The molecule has 80 valence electrons. The molecule has 1 nitrogen and oxygen atoms in total. The van der Waals surface area contributed by atoms with Crippen molar-refractivity contribution in [2.24, 2.45) is 0 Å². The molecule has 0 N–H and O–H groups in total. The van der Waals surface area contributed by atoms with Gasteiger partial charge in [0.05, 0.1) is 0 Å². The van der Waals surface area contributed by atoms with E-state index in [1.807, 2.05) is 13.8 Å². The van der Waals surface area contributed by atoms with E-state index in [9.17, 15) is 9.18 Å². The molecule has 0 amide bonds. The van der Waals surface area contributed by atoms with Gasteiger partial charge in [-0.1, -0.05) is 13.0 Å². The average molecular weight is 206 g/mol. The molecule has 0 bridgehead atoms. The number of carbonyl (C=O) groups excluding carboxylic acids is 1. The van der Waals surface area contributed by atoms with Gasteiger partial charge in [0, 0.05) is 5.56 Å². The Bertz CT molecular complexity index is 405. The number of Topliss-reactive ketones (excluding diaryl/α,β-unsaturated/α-hetero) is 1. The highest BCUT2D eigenvalue weighted by atomic mass is 19.1. The first-order valence-electron chi connectivity index (χ1n) is 5.06. The first-order chi connectivity index (χ1) is 7.10. The fourth-order valence-electron chi connectivity index (χ4n) is 1.47. The van der Waals surface area contributed by atoms with Crippen LogP contribution in [0.1, 0.15) is 36.2 Å². The third kappa shape index (κ3) is 2.52. The van der Waals surface area contributed by atoms with Crippen LogP contribution in [0.15, 0.2) is 29.8 Å². The molecule has 15 heavy (non-hydrogen) atoms. The van der Waals surface area contributed by atoms with E-state index in [1.54, 1.807) is 19.1 Å². The van der Waals surface area contributed by atoms with Gasteiger partial charge in [0.1, 0.15) is 5.82 Å². The summed E-state index contributed by atoms with van der Waals surface area (Å²) >= 11 is 0. The van der Waals surface area contributed by atoms with E-state index in [-0.39, 0.29) is 11.6 Å². The molecule has 0 heterocycles. The lowest BCUT2D eigenvalue weighted by Gasteiger charge is -2.04. The monoisotopic (exact) mass is 206 g/mol. The quantitative estimate of drug-likeness (QED) is 0.544. The second-order valence-electron chi connectivity index (χ2n) is 3.46. The lowest BCUT2D eigenvalue weighted by atomic mass is 10.00. The van der Waals surface area contributed by atoms with Crippen molar-refractivity contribution in [2.45, 2.75) is 27.2 Å². The van der Waals surface area contributed by atoms with E-state index in [2.05, 4.69) is 0 Å². The van der Waals surface area contributed by atoms with Crippen molar-refractivity contribution in [3.05, 3.63) is 46.8 Å². The van der Waals surface area contributed by atoms with Gasteiger partial charge in [-0.2, -0.15) is 0 Å². The number of hydrogen-bond donors (Lipinski definition) is 0. The molecule has 0 aromatic heterocycles. The van der Waals surface area contributed by atoms with Gasteiger partial charge < -0.3 is 0 Å². The zero-order valence-electron chi connectivity index (χ0n) is 9.30. The third-order valence-electron chi connectivity index (χ3n) is 2.44. The Labute approximate surface area is 89.6 Å². The third-order valence-corrected chi connectivity index (χ3v) is 2.44. The average Bonchev–Trinajstić information content (AvgIpc) is 2.23. The van der Waals surface area contributed by atoms with Crippen LogP contribution < -0.4 is 0 Å². The number of ketones is 1. The normalized spacial score (nSPS) is 11.6. The van der Waals surface area contributed by atoms with E-state index in [0.29, 0.717) is 17.5 Å². The maximum Gasteiger partial charge on any atom is 0.188 e. The smallest absolute Gasteiger partial charge is 0.188 e. The number of allylic oxidation sites excluding steroid dienone is 2. The van der Waals surface area contributed by atoms with Gasteiger partial charge in [-0.3, -0.25) is 4.79 Å². The largest absolute Gasteiger partial charge is 0.289 e. The molecule has 0 spiro atoms. The van der Waals surface area contributed by atoms with E-state index in [4.69, 9.17) is 0 Å². The van der Waals surface area contributed by atoms with Crippen molar-refractivity contribution in [3.8, 4) is 0 Å². The molecule has 0 saturated carbocycles. The molecule has 2 heteroatoms. The Morgan fingerprint density at radius 1 is 1.47 bits per heavy atom. The molecule has 1 aromatic carbocycles. The molecule has 0 saturated heterocycles. The lowest BCUT2D eigenvalue weighted by Crippen LogP contribution is -2.03. The van der Waals surface area contributed by atoms with E-state index in [0.717, 1.165) is 5.57 Å². The predicted octanol–water partition coefficient (Wildman–Crippen LogP) is 3.67. The van der Waals surface area contributed by atoms with E-state index >= 15 is 0 Å². The Morgan fingerprint density at radius 2 is 2.13 bits per heavy atom. The zero-order valence-corrected chi connectivity index (χ0v) is 9.30. The molecule has 0 fully saturated rings. The van der Waals surface area contributed by atoms with Crippen molar-refractivity contribution in [3.63, 3.8) is 0 Å². The summed E-state index contributed by atoms with van der Waals surface area (Å²) in [5, 5.41) is 0. The summed E-state index contributed by atoms with van der Waals surface area (Å²) in [7, 11) is 0.